The van der Waals surface area contributed by atoms with Crippen LogP contribution in [0.5, 0.6) is 0 Å². The van der Waals surface area contributed by atoms with Crippen LogP contribution < -0.4 is 5.32 Å². The Bertz CT molecular complexity index is 759. The van der Waals surface area contributed by atoms with Crippen molar-refractivity contribution in [1.82, 2.24) is 5.32 Å². The molecule has 0 spiro atoms. The molecule has 6 nitrogen and oxygen atoms in total. The zero-order chi connectivity index (χ0) is 25.1. The molecule has 33 heavy (non-hydrogen) atoms. The molecule has 0 aromatic heterocycles. The molecule has 0 saturated carbocycles. The second kappa shape index (κ2) is 13.7. The van der Waals surface area contributed by atoms with Gasteiger partial charge in [0.25, 0.3) is 0 Å². The first-order valence-electron chi connectivity index (χ1n) is 12.0. The van der Waals surface area contributed by atoms with Crippen LogP contribution in [-0.2, 0) is 26.5 Å². The number of aliphatic hydroxyl groups is 1. The maximum Gasteiger partial charge on any atom is 0.323 e. The smallest absolute Gasteiger partial charge is 0.323 e. The number of hydrogen-bond acceptors (Lipinski definition) is 5. The molecule has 1 aromatic carbocycles. The van der Waals surface area contributed by atoms with Crippen LogP contribution in [0.15, 0.2) is 36.9 Å². The number of nitrogens with one attached hydrogen (secondary N) is 1. The summed E-state index contributed by atoms with van der Waals surface area (Å²) in [6.07, 6.45) is 3.95. The summed E-state index contributed by atoms with van der Waals surface area (Å²) in [7, 11) is -1.37. The Kier molecular flexibility index (Phi) is 12.0. The molecule has 3 N–H and O–H groups in total. The van der Waals surface area contributed by atoms with Gasteiger partial charge in [-0.3, -0.25) is 9.59 Å². The lowest BCUT2D eigenvalue weighted by Crippen LogP contribution is -2.42. The minimum absolute atomic E-state index is 0.0518. The summed E-state index contributed by atoms with van der Waals surface area (Å²) in [6, 6.07) is 8.33. The maximum atomic E-state index is 12.4. The van der Waals surface area contributed by atoms with E-state index in [4.69, 9.17) is 9.84 Å². The van der Waals surface area contributed by atoms with Gasteiger partial charge in [-0.1, -0.05) is 82.9 Å². The number of carboxylic acid groups (broad SMARTS) is 1. The highest BCUT2D eigenvalue weighted by Crippen LogP contribution is 2.34. The highest BCUT2D eigenvalue weighted by atomic mass is 28.3. The van der Waals surface area contributed by atoms with Gasteiger partial charge in [0, 0.05) is 21.0 Å². The fraction of sp³-hybridized carbons (Fsp3) is 0.615. The van der Waals surface area contributed by atoms with Crippen molar-refractivity contribution in [1.29, 1.82) is 0 Å². The Hall–Kier alpha value is -1.96. The van der Waals surface area contributed by atoms with Crippen LogP contribution in [0.3, 0.4) is 0 Å². The van der Waals surface area contributed by atoms with Gasteiger partial charge in [0.15, 0.2) is 0 Å². The molecular formula is C26H43NO5Si. The molecule has 0 aliphatic heterocycles. The van der Waals surface area contributed by atoms with Crippen molar-refractivity contribution in [2.24, 2.45) is 5.92 Å². The van der Waals surface area contributed by atoms with Crippen LogP contribution in [0, 0.1) is 5.92 Å². The van der Waals surface area contributed by atoms with E-state index in [1.165, 1.54) is 0 Å². The highest BCUT2D eigenvalue weighted by molar-refractivity contribution is 6.76. The van der Waals surface area contributed by atoms with Gasteiger partial charge in [0.2, 0.25) is 0 Å². The van der Waals surface area contributed by atoms with Crippen LogP contribution in [0.4, 0.5) is 0 Å². The van der Waals surface area contributed by atoms with E-state index in [0.29, 0.717) is 25.8 Å². The highest BCUT2D eigenvalue weighted by Gasteiger charge is 2.31. The number of benzene rings is 1. The molecule has 7 heteroatoms. The Balaban J connectivity index is 2.92. The van der Waals surface area contributed by atoms with Gasteiger partial charge in [-0.25, -0.2) is 0 Å². The molecule has 0 aliphatic carbocycles. The fourth-order valence-corrected chi connectivity index (χ4v) is 4.84. The van der Waals surface area contributed by atoms with Crippen molar-refractivity contribution >= 4 is 20.0 Å². The zero-order valence-corrected chi connectivity index (χ0v) is 22.0. The molecule has 3 atom stereocenters. The second-order valence-corrected chi connectivity index (χ2v) is 15.8. The van der Waals surface area contributed by atoms with Crippen molar-refractivity contribution < 1.29 is 24.5 Å². The number of esters is 1. The first-order valence-corrected chi connectivity index (χ1v) is 15.7. The van der Waals surface area contributed by atoms with Gasteiger partial charge in [0.1, 0.15) is 12.6 Å². The lowest BCUT2D eigenvalue weighted by molar-refractivity contribution is -0.146. The van der Waals surface area contributed by atoms with E-state index in [-0.39, 0.29) is 24.9 Å². The number of aliphatic carboxylic acids is 1. The predicted octanol–water partition coefficient (Wildman–Crippen LogP) is 5.09. The normalized spacial score (nSPS) is 15.3. The summed E-state index contributed by atoms with van der Waals surface area (Å²) in [5.41, 5.74) is 0.788. The number of hydrogen-bond donors (Lipinski definition) is 3. The van der Waals surface area contributed by atoms with Crippen molar-refractivity contribution in [3.05, 3.63) is 48.0 Å². The summed E-state index contributed by atoms with van der Waals surface area (Å²) in [6.45, 7) is 15.2. The molecule has 0 fully saturated rings. The lowest BCUT2D eigenvalue weighted by atomic mass is 9.85. The van der Waals surface area contributed by atoms with E-state index in [2.05, 4.69) is 31.5 Å². The third kappa shape index (κ3) is 10.7. The molecule has 1 aromatic rings. The van der Waals surface area contributed by atoms with Crippen LogP contribution in [0.25, 0.3) is 0 Å². The van der Waals surface area contributed by atoms with Crippen LogP contribution in [0.2, 0.25) is 25.7 Å². The molecule has 1 unspecified atom stereocenters. The molecule has 0 aliphatic rings. The predicted molar refractivity (Wildman–Crippen MR) is 136 cm³/mol. The topological polar surface area (TPSA) is 95.9 Å². The average Bonchev–Trinajstić information content (AvgIpc) is 2.75. The van der Waals surface area contributed by atoms with Crippen molar-refractivity contribution in [3.63, 3.8) is 0 Å². The first-order chi connectivity index (χ1) is 15.4. The van der Waals surface area contributed by atoms with E-state index < -0.39 is 25.7 Å². The van der Waals surface area contributed by atoms with Crippen molar-refractivity contribution in [2.75, 3.05) is 6.61 Å². The minimum atomic E-state index is -1.37. The quantitative estimate of drug-likeness (QED) is 0.174. The number of ether oxygens (including phenoxy) is 1. The molecule has 0 saturated heterocycles. The number of carbonyl (C=O) groups is 2. The lowest BCUT2D eigenvalue weighted by Gasteiger charge is -2.31. The summed E-state index contributed by atoms with van der Waals surface area (Å²) in [5, 5.41) is 23.8. The summed E-state index contributed by atoms with van der Waals surface area (Å²) in [5.74, 6) is -0.992. The molecule has 0 bridgehead atoms. The third-order valence-electron chi connectivity index (χ3n) is 6.10. The molecule has 0 amide bonds. The van der Waals surface area contributed by atoms with Crippen molar-refractivity contribution in [3.8, 4) is 0 Å². The fourth-order valence-electron chi connectivity index (χ4n) is 3.67. The summed E-state index contributed by atoms with van der Waals surface area (Å²) < 4.78 is 5.25. The molecule has 186 valence electrons. The van der Waals surface area contributed by atoms with E-state index in [9.17, 15) is 14.7 Å². The third-order valence-corrected chi connectivity index (χ3v) is 7.85. The standard InChI is InChI=1S/C26H43NO5Si/c1-7-17-32-25(30)24(20(3)8-2)27-19-21-11-13-22(14-12-21)26(31,15-9-10-23(28)29)16-18-33(4,5)6/h7,11-14,20,24,27,31H,1,8-10,15-19H2,2-6H3,(H,28,29)/t20-,24-,26?/m0/s1. The Labute approximate surface area is 200 Å². The van der Waals surface area contributed by atoms with Crippen LogP contribution in [0.1, 0.15) is 57.1 Å². The van der Waals surface area contributed by atoms with E-state index in [0.717, 1.165) is 23.6 Å². The maximum absolute atomic E-state index is 12.4. The summed E-state index contributed by atoms with van der Waals surface area (Å²) >= 11 is 0. The Morgan fingerprint density at radius 2 is 1.85 bits per heavy atom. The monoisotopic (exact) mass is 477 g/mol. The summed E-state index contributed by atoms with van der Waals surface area (Å²) in [4.78, 5) is 23.4. The van der Waals surface area contributed by atoms with Gasteiger partial charge < -0.3 is 20.3 Å². The van der Waals surface area contributed by atoms with E-state index in [1.54, 1.807) is 6.08 Å². The van der Waals surface area contributed by atoms with Crippen LogP contribution in [-0.4, -0.2) is 42.9 Å². The van der Waals surface area contributed by atoms with Crippen molar-refractivity contribution in [2.45, 2.75) is 89.8 Å². The van der Waals surface area contributed by atoms with E-state index >= 15 is 0 Å². The Morgan fingerprint density at radius 1 is 1.21 bits per heavy atom. The largest absolute Gasteiger partial charge is 0.481 e. The molecular weight excluding hydrogens is 434 g/mol. The number of carboxylic acids is 1. The number of rotatable bonds is 16. The second-order valence-electron chi connectivity index (χ2n) is 10.2. The van der Waals surface area contributed by atoms with Gasteiger partial charge in [-0.15, -0.1) is 0 Å². The first kappa shape index (κ1) is 29.1. The minimum Gasteiger partial charge on any atom is -0.481 e. The van der Waals surface area contributed by atoms with Gasteiger partial charge in [0.05, 0.1) is 5.60 Å². The molecule has 0 heterocycles. The van der Waals surface area contributed by atoms with E-state index in [1.807, 2.05) is 38.1 Å². The van der Waals surface area contributed by atoms with Crippen LogP contribution >= 0.6 is 0 Å². The van der Waals surface area contributed by atoms with Gasteiger partial charge >= 0.3 is 11.9 Å². The zero-order valence-electron chi connectivity index (χ0n) is 21.0. The molecule has 0 radical (unpaired) electrons. The Morgan fingerprint density at radius 3 is 2.36 bits per heavy atom. The van der Waals surface area contributed by atoms with Gasteiger partial charge in [-0.2, -0.15) is 0 Å². The average molecular weight is 478 g/mol. The SMILES string of the molecule is C=CCOC(=O)[C@@H](NCc1ccc(C(O)(CCCC(=O)O)CC[Si](C)(C)C)cc1)[C@@H](C)CC. The van der Waals surface area contributed by atoms with Gasteiger partial charge in [-0.05, 0) is 36.3 Å². The number of carbonyl (C=O) groups excluding carboxylic acids is 1. The molecule has 1 rings (SSSR count).